The first-order valence-electron chi connectivity index (χ1n) is 6.91. The Bertz CT molecular complexity index is 651. The van der Waals surface area contributed by atoms with Crippen LogP contribution in [-0.4, -0.2) is 5.78 Å². The molecule has 110 valence electrons. The quantitative estimate of drug-likeness (QED) is 0.664. The monoisotopic (exact) mass is 289 g/mol. The third-order valence-corrected chi connectivity index (χ3v) is 3.35. The van der Waals surface area contributed by atoms with Gasteiger partial charge in [-0.1, -0.05) is 37.6 Å². The first-order chi connectivity index (χ1) is 10.0. The third kappa shape index (κ3) is 3.45. The van der Waals surface area contributed by atoms with Crippen LogP contribution in [0.2, 0.25) is 0 Å². The predicted molar refractivity (Wildman–Crippen MR) is 79.3 cm³/mol. The van der Waals surface area contributed by atoms with E-state index in [9.17, 15) is 13.6 Å². The Kier molecular flexibility index (Phi) is 4.68. The van der Waals surface area contributed by atoms with Crippen molar-refractivity contribution in [2.75, 3.05) is 5.73 Å². The van der Waals surface area contributed by atoms with Gasteiger partial charge in [0.1, 0.15) is 5.82 Å². The van der Waals surface area contributed by atoms with Gasteiger partial charge in [0.2, 0.25) is 0 Å². The number of benzene rings is 2. The Hall–Kier alpha value is -2.23. The number of hydrogen-bond acceptors (Lipinski definition) is 2. The average molecular weight is 289 g/mol. The zero-order chi connectivity index (χ0) is 15.4. The van der Waals surface area contributed by atoms with Gasteiger partial charge in [0, 0.05) is 5.56 Å². The highest BCUT2D eigenvalue weighted by atomic mass is 19.1. The smallest absolute Gasteiger partial charge is 0.196 e. The van der Waals surface area contributed by atoms with E-state index in [2.05, 4.69) is 6.92 Å². The molecule has 0 aliphatic rings. The van der Waals surface area contributed by atoms with E-state index in [1.807, 2.05) is 12.1 Å². The number of halogens is 2. The van der Waals surface area contributed by atoms with Crippen molar-refractivity contribution in [1.82, 2.24) is 0 Å². The lowest BCUT2D eigenvalue weighted by Crippen LogP contribution is -2.07. The maximum Gasteiger partial charge on any atom is 0.196 e. The number of ketones is 1. The molecule has 0 atom stereocenters. The van der Waals surface area contributed by atoms with Crippen molar-refractivity contribution < 1.29 is 13.6 Å². The van der Waals surface area contributed by atoms with E-state index in [0.717, 1.165) is 37.0 Å². The van der Waals surface area contributed by atoms with Crippen molar-refractivity contribution in [3.05, 3.63) is 64.7 Å². The van der Waals surface area contributed by atoms with Gasteiger partial charge in [0.05, 0.1) is 11.3 Å². The van der Waals surface area contributed by atoms with Gasteiger partial charge in [0.25, 0.3) is 0 Å². The molecule has 21 heavy (non-hydrogen) atoms. The van der Waals surface area contributed by atoms with Crippen LogP contribution in [0.1, 0.15) is 41.3 Å². The SMILES string of the molecule is CCCCc1ccc(C(=O)c2cc(F)cc(N)c2F)cc1. The lowest BCUT2D eigenvalue weighted by atomic mass is 9.99. The number of anilines is 1. The minimum atomic E-state index is -0.878. The highest BCUT2D eigenvalue weighted by Crippen LogP contribution is 2.21. The molecule has 0 saturated carbocycles. The molecule has 0 spiro atoms. The second-order valence-corrected chi connectivity index (χ2v) is 4.99. The zero-order valence-electron chi connectivity index (χ0n) is 11.8. The summed E-state index contributed by atoms with van der Waals surface area (Å²) < 4.78 is 27.1. The second kappa shape index (κ2) is 6.48. The number of carbonyl (C=O) groups excluding carboxylic acids is 1. The first kappa shape index (κ1) is 15.2. The Morgan fingerprint density at radius 1 is 1.14 bits per heavy atom. The predicted octanol–water partition coefficient (Wildman–Crippen LogP) is 4.12. The fourth-order valence-corrected chi connectivity index (χ4v) is 2.13. The summed E-state index contributed by atoms with van der Waals surface area (Å²) in [5.74, 6) is -2.17. The molecule has 0 aliphatic carbocycles. The number of nitrogen functional groups attached to an aromatic ring is 1. The molecule has 0 bridgehead atoms. The van der Waals surface area contributed by atoms with Crippen molar-refractivity contribution in [2.24, 2.45) is 0 Å². The summed E-state index contributed by atoms with van der Waals surface area (Å²) in [6, 6.07) is 8.67. The number of nitrogens with two attached hydrogens (primary N) is 1. The average Bonchev–Trinajstić information content (AvgIpc) is 2.48. The number of rotatable bonds is 5. The van der Waals surface area contributed by atoms with Crippen LogP contribution < -0.4 is 5.73 Å². The van der Waals surface area contributed by atoms with Crippen LogP contribution in [0.5, 0.6) is 0 Å². The van der Waals surface area contributed by atoms with Crippen molar-refractivity contribution in [3.8, 4) is 0 Å². The highest BCUT2D eigenvalue weighted by molar-refractivity contribution is 6.09. The molecule has 0 fully saturated rings. The first-order valence-corrected chi connectivity index (χ1v) is 6.91. The Morgan fingerprint density at radius 2 is 1.81 bits per heavy atom. The summed E-state index contributed by atoms with van der Waals surface area (Å²) in [5, 5.41) is 0. The van der Waals surface area contributed by atoms with Crippen molar-refractivity contribution in [1.29, 1.82) is 0 Å². The van der Waals surface area contributed by atoms with E-state index < -0.39 is 17.4 Å². The van der Waals surface area contributed by atoms with Crippen LogP contribution in [-0.2, 0) is 6.42 Å². The standard InChI is InChI=1S/C17H17F2NO/c1-2-3-4-11-5-7-12(8-6-11)17(21)14-9-13(18)10-15(20)16(14)19/h5-10H,2-4,20H2,1H3. The van der Waals surface area contributed by atoms with Gasteiger partial charge in [-0.25, -0.2) is 8.78 Å². The fourth-order valence-electron chi connectivity index (χ4n) is 2.13. The van der Waals surface area contributed by atoms with Crippen LogP contribution in [0.15, 0.2) is 36.4 Å². The molecule has 2 aromatic carbocycles. The van der Waals surface area contributed by atoms with Gasteiger partial charge in [-0.05, 0) is 30.5 Å². The maximum atomic E-state index is 13.9. The van der Waals surface area contributed by atoms with Gasteiger partial charge in [-0.3, -0.25) is 4.79 Å². The Balaban J connectivity index is 2.28. The number of carbonyl (C=O) groups is 1. The summed E-state index contributed by atoms with van der Waals surface area (Å²) in [4.78, 5) is 12.2. The Labute approximate surface area is 122 Å². The van der Waals surface area contributed by atoms with E-state index >= 15 is 0 Å². The topological polar surface area (TPSA) is 43.1 Å². The lowest BCUT2D eigenvalue weighted by molar-refractivity contribution is 0.103. The van der Waals surface area contributed by atoms with Crippen LogP contribution in [0.25, 0.3) is 0 Å². The summed E-state index contributed by atoms with van der Waals surface area (Å²) in [7, 11) is 0. The maximum absolute atomic E-state index is 13.9. The zero-order valence-corrected chi connectivity index (χ0v) is 11.8. The van der Waals surface area contributed by atoms with Crippen molar-refractivity contribution in [3.63, 3.8) is 0 Å². The lowest BCUT2D eigenvalue weighted by Gasteiger charge is -2.06. The molecule has 0 unspecified atom stereocenters. The molecular formula is C17H17F2NO. The molecule has 0 saturated heterocycles. The molecule has 0 radical (unpaired) electrons. The fraction of sp³-hybridized carbons (Fsp3) is 0.235. The van der Waals surface area contributed by atoms with E-state index in [1.54, 1.807) is 12.1 Å². The van der Waals surface area contributed by atoms with Crippen LogP contribution >= 0.6 is 0 Å². The summed E-state index contributed by atoms with van der Waals surface area (Å²) in [6.45, 7) is 2.11. The van der Waals surface area contributed by atoms with E-state index in [4.69, 9.17) is 5.73 Å². The van der Waals surface area contributed by atoms with E-state index in [1.165, 1.54) is 0 Å². The minimum absolute atomic E-state index is 0.319. The molecule has 2 nitrogen and oxygen atoms in total. The van der Waals surface area contributed by atoms with Gasteiger partial charge >= 0.3 is 0 Å². The van der Waals surface area contributed by atoms with Gasteiger partial charge in [0.15, 0.2) is 11.6 Å². The van der Waals surface area contributed by atoms with Gasteiger partial charge in [-0.15, -0.1) is 0 Å². The molecule has 0 amide bonds. The van der Waals surface area contributed by atoms with Crippen molar-refractivity contribution >= 4 is 11.5 Å². The summed E-state index contributed by atoms with van der Waals surface area (Å²) in [6.07, 6.45) is 3.10. The second-order valence-electron chi connectivity index (χ2n) is 4.99. The van der Waals surface area contributed by atoms with E-state index in [0.29, 0.717) is 5.56 Å². The van der Waals surface area contributed by atoms with Crippen LogP contribution in [0, 0.1) is 11.6 Å². The molecule has 2 aromatic rings. The van der Waals surface area contributed by atoms with Gasteiger partial charge < -0.3 is 5.73 Å². The number of hydrogen-bond donors (Lipinski definition) is 1. The number of unbranched alkanes of at least 4 members (excludes halogenated alkanes) is 1. The number of aryl methyl sites for hydroxylation is 1. The van der Waals surface area contributed by atoms with Crippen molar-refractivity contribution in [2.45, 2.75) is 26.2 Å². The van der Waals surface area contributed by atoms with Crippen LogP contribution in [0.3, 0.4) is 0 Å². The summed E-state index contributed by atoms with van der Waals surface area (Å²) in [5.41, 5.74) is 6.08. The third-order valence-electron chi connectivity index (χ3n) is 3.35. The van der Waals surface area contributed by atoms with Crippen LogP contribution in [0.4, 0.5) is 14.5 Å². The molecule has 2 N–H and O–H groups in total. The Morgan fingerprint density at radius 3 is 2.43 bits per heavy atom. The molecule has 2 rings (SSSR count). The highest BCUT2D eigenvalue weighted by Gasteiger charge is 2.17. The minimum Gasteiger partial charge on any atom is -0.396 e. The normalized spacial score (nSPS) is 10.6. The van der Waals surface area contributed by atoms with E-state index in [-0.39, 0.29) is 11.3 Å². The largest absolute Gasteiger partial charge is 0.396 e. The molecule has 0 aromatic heterocycles. The van der Waals surface area contributed by atoms with Gasteiger partial charge in [-0.2, -0.15) is 0 Å². The summed E-state index contributed by atoms with van der Waals surface area (Å²) >= 11 is 0. The molecular weight excluding hydrogens is 272 g/mol. The molecule has 4 heteroatoms. The molecule has 0 aliphatic heterocycles. The molecule has 0 heterocycles.